The first-order valence-electron chi connectivity index (χ1n) is 4.63. The van der Waals surface area contributed by atoms with E-state index in [2.05, 4.69) is 4.40 Å². The molecule has 88 valence electrons. The highest BCUT2D eigenvalue weighted by molar-refractivity contribution is 7.91. The van der Waals surface area contributed by atoms with Crippen molar-refractivity contribution in [2.75, 3.05) is 0 Å². The lowest BCUT2D eigenvalue weighted by Gasteiger charge is -2.03. The van der Waals surface area contributed by atoms with Gasteiger partial charge in [0.15, 0.2) is 0 Å². The van der Waals surface area contributed by atoms with Gasteiger partial charge in [-0.15, -0.1) is 4.40 Å². The minimum atomic E-state index is -5.43. The Balaban J connectivity index is 2.29. The van der Waals surface area contributed by atoms with E-state index in [0.29, 0.717) is 17.9 Å². The molecule has 0 aromatic heterocycles. The van der Waals surface area contributed by atoms with Crippen LogP contribution in [0, 0.1) is 11.8 Å². The number of sulfonamides is 1. The highest BCUT2D eigenvalue weighted by atomic mass is 32.2. The number of hydrogen-bond donors (Lipinski definition) is 0. The van der Waals surface area contributed by atoms with Crippen molar-refractivity contribution in [3.63, 3.8) is 0 Å². The van der Waals surface area contributed by atoms with E-state index in [1.54, 1.807) is 0 Å². The molecule has 0 aromatic carbocycles. The molecule has 0 aromatic rings. The fourth-order valence-electron chi connectivity index (χ4n) is 1.92. The Morgan fingerprint density at radius 2 is 2.06 bits per heavy atom. The van der Waals surface area contributed by atoms with E-state index in [4.69, 9.17) is 0 Å². The predicted octanol–water partition coefficient (Wildman–Crippen LogP) is 2.03. The number of hydrogen-bond acceptors (Lipinski definition) is 2. The molecule has 2 unspecified atom stereocenters. The van der Waals surface area contributed by atoms with Crippen molar-refractivity contribution in [3.05, 3.63) is 17.7 Å². The molecule has 0 amide bonds. The number of alkyl halides is 3. The first-order chi connectivity index (χ1) is 7.29. The van der Waals surface area contributed by atoms with Crippen LogP contribution in [-0.2, 0) is 10.0 Å². The molecule has 0 radical (unpaired) electrons. The van der Waals surface area contributed by atoms with Crippen molar-refractivity contribution in [2.24, 2.45) is 16.2 Å². The Morgan fingerprint density at radius 1 is 1.38 bits per heavy atom. The van der Waals surface area contributed by atoms with Gasteiger partial charge in [0.2, 0.25) is 0 Å². The van der Waals surface area contributed by atoms with Gasteiger partial charge in [-0.3, -0.25) is 0 Å². The minimum Gasteiger partial charge on any atom is -0.194 e. The monoisotopic (exact) mass is 251 g/mol. The van der Waals surface area contributed by atoms with Crippen molar-refractivity contribution >= 4 is 15.9 Å². The van der Waals surface area contributed by atoms with Gasteiger partial charge in [-0.2, -0.15) is 21.6 Å². The minimum absolute atomic E-state index is 0.0113. The molecular weight excluding hydrogens is 243 g/mol. The van der Waals surface area contributed by atoms with Gasteiger partial charge < -0.3 is 0 Å². The van der Waals surface area contributed by atoms with E-state index in [1.165, 1.54) is 0 Å². The van der Waals surface area contributed by atoms with Gasteiger partial charge in [0, 0.05) is 11.8 Å². The van der Waals surface area contributed by atoms with Crippen molar-refractivity contribution in [1.82, 2.24) is 0 Å². The van der Waals surface area contributed by atoms with Crippen LogP contribution in [0.4, 0.5) is 13.2 Å². The molecule has 2 rings (SSSR count). The lowest BCUT2D eigenvalue weighted by atomic mass is 10.0. The molecule has 3 nitrogen and oxygen atoms in total. The molecule has 2 aliphatic rings. The third-order valence-corrected chi connectivity index (χ3v) is 3.62. The maximum Gasteiger partial charge on any atom is 0.519 e. The summed E-state index contributed by atoms with van der Waals surface area (Å²) in [5.74, 6) is 2.36. The van der Waals surface area contributed by atoms with Crippen LogP contribution in [0.1, 0.15) is 12.8 Å². The Kier molecular flexibility index (Phi) is 2.47. The van der Waals surface area contributed by atoms with Gasteiger partial charge in [-0.1, -0.05) is 12.2 Å². The second-order valence-electron chi connectivity index (χ2n) is 3.84. The van der Waals surface area contributed by atoms with Crippen LogP contribution in [0.25, 0.3) is 0 Å². The van der Waals surface area contributed by atoms with E-state index in [9.17, 15) is 21.6 Å². The molecule has 2 bridgehead atoms. The van der Waals surface area contributed by atoms with Crippen molar-refractivity contribution in [2.45, 2.75) is 18.3 Å². The van der Waals surface area contributed by atoms with Gasteiger partial charge in [0.25, 0.3) is 0 Å². The molecule has 0 heterocycles. The third kappa shape index (κ3) is 1.92. The van der Waals surface area contributed by atoms with Gasteiger partial charge in [0.05, 0.1) is 0 Å². The molecule has 7 heteroatoms. The molecular formula is C9H8F3NO2S. The van der Waals surface area contributed by atoms with Crippen LogP contribution in [0.5, 0.6) is 0 Å². The van der Waals surface area contributed by atoms with Crippen LogP contribution in [0.15, 0.2) is 22.1 Å². The fourth-order valence-corrected chi connectivity index (χ4v) is 2.26. The van der Waals surface area contributed by atoms with Crippen LogP contribution in [0.2, 0.25) is 0 Å². The second-order valence-corrected chi connectivity index (χ2v) is 5.44. The van der Waals surface area contributed by atoms with Gasteiger partial charge in [-0.25, -0.2) is 0 Å². The molecule has 1 fully saturated rings. The maximum atomic E-state index is 12.0. The molecule has 0 N–H and O–H groups in total. The Morgan fingerprint density at radius 3 is 2.50 bits per heavy atom. The van der Waals surface area contributed by atoms with Crippen LogP contribution in [0.3, 0.4) is 0 Å². The summed E-state index contributed by atoms with van der Waals surface area (Å²) in [6.07, 6.45) is 5.21. The molecule has 0 saturated heterocycles. The summed E-state index contributed by atoms with van der Waals surface area (Å²) < 4.78 is 59.7. The zero-order chi connectivity index (χ0) is 12.0. The van der Waals surface area contributed by atoms with E-state index in [0.717, 1.165) is 6.42 Å². The van der Waals surface area contributed by atoms with E-state index < -0.39 is 15.5 Å². The number of rotatable bonds is 1. The maximum absolute atomic E-state index is 12.0. The molecule has 16 heavy (non-hydrogen) atoms. The van der Waals surface area contributed by atoms with Crippen molar-refractivity contribution < 1.29 is 21.6 Å². The smallest absolute Gasteiger partial charge is 0.194 e. The predicted molar refractivity (Wildman–Crippen MR) is 51.3 cm³/mol. The quantitative estimate of drug-likeness (QED) is 0.528. The summed E-state index contributed by atoms with van der Waals surface area (Å²) in [5, 5.41) is 0. The molecule has 0 spiro atoms. The largest absolute Gasteiger partial charge is 0.519 e. The molecule has 0 aliphatic heterocycles. The Hall–Kier alpha value is -1.07. The second kappa shape index (κ2) is 3.46. The van der Waals surface area contributed by atoms with Gasteiger partial charge in [0.1, 0.15) is 0 Å². The normalized spacial score (nSPS) is 28.3. The van der Waals surface area contributed by atoms with Crippen LogP contribution in [-0.4, -0.2) is 19.8 Å². The summed E-state index contributed by atoms with van der Waals surface area (Å²) in [7, 11) is -5.43. The Labute approximate surface area is 90.4 Å². The van der Waals surface area contributed by atoms with Gasteiger partial charge in [-0.05, 0) is 24.3 Å². The summed E-state index contributed by atoms with van der Waals surface area (Å²) in [5.41, 5.74) is -4.80. The molecule has 2 atom stereocenters. The van der Waals surface area contributed by atoms with Crippen molar-refractivity contribution in [3.8, 4) is 0 Å². The molecule has 1 saturated carbocycles. The third-order valence-electron chi connectivity index (χ3n) is 2.70. The number of fused-ring (bicyclic) bond motifs is 2. The summed E-state index contributed by atoms with van der Waals surface area (Å²) in [6.45, 7) is 0. The zero-order valence-corrected chi connectivity index (χ0v) is 8.85. The first kappa shape index (κ1) is 11.4. The van der Waals surface area contributed by atoms with Crippen LogP contribution < -0.4 is 0 Å². The molecule has 2 aliphatic carbocycles. The zero-order valence-electron chi connectivity index (χ0n) is 8.03. The summed E-state index contributed by atoms with van der Waals surface area (Å²) in [6, 6.07) is 0. The van der Waals surface area contributed by atoms with E-state index in [-0.39, 0.29) is 5.92 Å². The van der Waals surface area contributed by atoms with E-state index >= 15 is 0 Å². The highest BCUT2D eigenvalue weighted by Crippen LogP contribution is 2.41. The highest BCUT2D eigenvalue weighted by Gasteiger charge is 2.46. The van der Waals surface area contributed by atoms with Gasteiger partial charge >= 0.3 is 15.5 Å². The first-order valence-corrected chi connectivity index (χ1v) is 6.07. The Bertz CT molecular complexity index is 497. The fraction of sp³-hybridized carbons (Fsp3) is 0.556. The average molecular weight is 251 g/mol. The summed E-state index contributed by atoms with van der Waals surface area (Å²) in [4.78, 5) is 0. The summed E-state index contributed by atoms with van der Waals surface area (Å²) >= 11 is 0. The number of allylic oxidation sites excluding steroid dienone is 3. The number of nitrogens with zero attached hydrogens (tertiary/aromatic N) is 1. The average Bonchev–Trinajstić information content (AvgIpc) is 2.73. The lowest BCUT2D eigenvalue weighted by Crippen LogP contribution is -2.20. The van der Waals surface area contributed by atoms with E-state index in [1.807, 2.05) is 18.0 Å². The lowest BCUT2D eigenvalue weighted by molar-refractivity contribution is -0.0434. The topological polar surface area (TPSA) is 46.5 Å². The standard InChI is InChI=1S/C9H8F3NO2S/c10-9(11,12)16(14,15)13-5-8-4-6-1-2-7(8)3-6/h1-2,6-7H,3-4H2. The van der Waals surface area contributed by atoms with Crippen molar-refractivity contribution in [1.29, 1.82) is 0 Å². The van der Waals surface area contributed by atoms with Crippen LogP contribution >= 0.6 is 0 Å². The SMILES string of the molecule is O=S(=O)(N=C=C1CC2C=CC1C2)C(F)(F)F. The number of halogens is 3.